The van der Waals surface area contributed by atoms with E-state index in [1.54, 1.807) is 18.6 Å². The van der Waals surface area contributed by atoms with Crippen LogP contribution in [0.1, 0.15) is 19.8 Å². The second kappa shape index (κ2) is 3.51. The SMILES string of the molecule is CC1(O)CC(C2=C3C=NC=C[N+]3(Cl)C(Br)=N2)C1. The lowest BCUT2D eigenvalue weighted by atomic mass is 9.70. The molecular weight excluding hydrogens is 305 g/mol. The number of allylic oxidation sites excluding steroid dienone is 2. The van der Waals surface area contributed by atoms with Crippen LogP contribution in [0.5, 0.6) is 0 Å². The Bertz CT molecular complexity index is 501. The number of halogens is 2. The van der Waals surface area contributed by atoms with Gasteiger partial charge in [0.15, 0.2) is 11.8 Å². The first-order valence-corrected chi connectivity index (χ1v) is 6.57. The summed E-state index contributed by atoms with van der Waals surface area (Å²) >= 11 is 9.88. The summed E-state index contributed by atoms with van der Waals surface area (Å²) in [5.41, 5.74) is 1.25. The fraction of sp³-hybridized carbons (Fsp3) is 0.455. The van der Waals surface area contributed by atoms with E-state index in [9.17, 15) is 5.11 Å². The highest BCUT2D eigenvalue weighted by atomic mass is 79.9. The van der Waals surface area contributed by atoms with E-state index in [2.05, 4.69) is 25.9 Å². The lowest BCUT2D eigenvalue weighted by Crippen LogP contribution is -2.42. The Hall–Kier alpha value is -0.490. The highest BCUT2D eigenvalue weighted by Crippen LogP contribution is 2.48. The summed E-state index contributed by atoms with van der Waals surface area (Å²) in [7, 11) is 0. The Kier molecular flexibility index (Phi) is 2.39. The molecule has 90 valence electrons. The zero-order chi connectivity index (χ0) is 12.3. The smallest absolute Gasteiger partial charge is 0.299 e. The van der Waals surface area contributed by atoms with Crippen molar-refractivity contribution in [3.05, 3.63) is 23.8 Å². The minimum absolute atomic E-state index is 0.0253. The first-order chi connectivity index (χ1) is 7.92. The van der Waals surface area contributed by atoms with Gasteiger partial charge in [-0.25, -0.2) is 0 Å². The first kappa shape index (κ1) is 11.6. The molecule has 1 atom stereocenters. The second-order valence-electron chi connectivity index (χ2n) is 4.97. The van der Waals surface area contributed by atoms with Gasteiger partial charge >= 0.3 is 0 Å². The number of aliphatic imine (C=N–C) groups is 2. The molecule has 1 fully saturated rings. The molecule has 0 saturated heterocycles. The van der Waals surface area contributed by atoms with Crippen LogP contribution in [0.3, 0.4) is 0 Å². The zero-order valence-corrected chi connectivity index (χ0v) is 11.6. The molecule has 6 heteroatoms. The van der Waals surface area contributed by atoms with E-state index in [1.165, 1.54) is 0 Å². The summed E-state index contributed by atoms with van der Waals surface area (Å²) in [5.74, 6) is 0.268. The number of hydrogen-bond donors (Lipinski definition) is 1. The molecule has 1 saturated carbocycles. The van der Waals surface area contributed by atoms with Gasteiger partial charge in [-0.15, -0.1) is 4.00 Å². The van der Waals surface area contributed by atoms with Crippen molar-refractivity contribution in [2.45, 2.75) is 25.4 Å². The van der Waals surface area contributed by atoms with Gasteiger partial charge in [-0.3, -0.25) is 4.99 Å². The number of quaternary nitrogens is 1. The van der Waals surface area contributed by atoms with Gasteiger partial charge < -0.3 is 5.11 Å². The molecule has 0 aromatic heterocycles. The Morgan fingerprint density at radius 1 is 1.59 bits per heavy atom. The van der Waals surface area contributed by atoms with Crippen LogP contribution in [0.15, 0.2) is 33.8 Å². The largest absolute Gasteiger partial charge is 0.390 e. The molecule has 1 N–H and O–H groups in total. The fourth-order valence-corrected chi connectivity index (χ4v) is 3.25. The average Bonchev–Trinajstić information content (AvgIpc) is 2.48. The van der Waals surface area contributed by atoms with Crippen molar-refractivity contribution in [3.8, 4) is 0 Å². The van der Waals surface area contributed by atoms with Gasteiger partial charge in [0.05, 0.1) is 18.0 Å². The topological polar surface area (TPSA) is 45.0 Å². The monoisotopic (exact) mass is 316 g/mol. The highest BCUT2D eigenvalue weighted by Gasteiger charge is 2.50. The fourth-order valence-electron chi connectivity index (χ4n) is 2.53. The zero-order valence-electron chi connectivity index (χ0n) is 9.27. The molecule has 1 aliphatic carbocycles. The van der Waals surface area contributed by atoms with Crippen molar-refractivity contribution >= 4 is 38.7 Å². The van der Waals surface area contributed by atoms with Gasteiger partial charge in [0.1, 0.15) is 11.9 Å². The summed E-state index contributed by atoms with van der Waals surface area (Å²) in [6, 6.07) is 0. The Morgan fingerprint density at radius 2 is 2.29 bits per heavy atom. The van der Waals surface area contributed by atoms with Crippen molar-refractivity contribution in [1.82, 2.24) is 0 Å². The molecular formula is C11H12BrClN3O+. The number of nitrogens with zero attached hydrogens (tertiary/aromatic N) is 3. The molecule has 0 radical (unpaired) electrons. The van der Waals surface area contributed by atoms with Crippen LogP contribution < -0.4 is 0 Å². The predicted molar refractivity (Wildman–Crippen MR) is 70.5 cm³/mol. The van der Waals surface area contributed by atoms with Crippen LogP contribution in [-0.4, -0.2) is 25.7 Å². The van der Waals surface area contributed by atoms with Crippen molar-refractivity contribution in [3.63, 3.8) is 0 Å². The van der Waals surface area contributed by atoms with Gasteiger partial charge in [0.25, 0.3) is 4.74 Å². The molecule has 1 unspecified atom stereocenters. The quantitative estimate of drug-likeness (QED) is 0.586. The minimum Gasteiger partial charge on any atom is -0.390 e. The minimum atomic E-state index is -0.563. The van der Waals surface area contributed by atoms with Crippen LogP contribution >= 0.6 is 27.7 Å². The third-order valence-corrected chi connectivity index (χ3v) is 4.80. The van der Waals surface area contributed by atoms with Gasteiger partial charge in [-0.2, -0.15) is 4.99 Å². The lowest BCUT2D eigenvalue weighted by Gasteiger charge is -2.40. The normalized spacial score (nSPS) is 43.5. The maximum absolute atomic E-state index is 9.80. The molecule has 0 aromatic rings. The third kappa shape index (κ3) is 1.64. The number of aliphatic hydroxyl groups is 1. The molecule has 0 bridgehead atoms. The third-order valence-electron chi connectivity index (χ3n) is 3.41. The summed E-state index contributed by atoms with van der Waals surface area (Å²) < 4.78 is 0.676. The number of amidine groups is 1. The number of hydrogen-bond acceptors (Lipinski definition) is 3. The van der Waals surface area contributed by atoms with E-state index in [4.69, 9.17) is 11.8 Å². The Morgan fingerprint density at radius 3 is 2.94 bits per heavy atom. The van der Waals surface area contributed by atoms with E-state index < -0.39 is 5.60 Å². The predicted octanol–water partition coefficient (Wildman–Crippen LogP) is 2.65. The summed E-state index contributed by atoms with van der Waals surface area (Å²) in [6.45, 7) is 1.85. The van der Waals surface area contributed by atoms with E-state index in [0.717, 1.165) is 24.2 Å². The summed E-state index contributed by atoms with van der Waals surface area (Å²) in [5, 5.41) is 9.80. The summed E-state index contributed by atoms with van der Waals surface area (Å²) in [6.07, 6.45) is 6.63. The molecule has 2 aliphatic heterocycles. The van der Waals surface area contributed by atoms with Crippen LogP contribution in [0.2, 0.25) is 0 Å². The molecule has 2 heterocycles. The molecule has 4 nitrogen and oxygen atoms in total. The number of rotatable bonds is 1. The van der Waals surface area contributed by atoms with Gasteiger partial charge in [0.2, 0.25) is 5.70 Å². The van der Waals surface area contributed by atoms with E-state index in [0.29, 0.717) is 4.74 Å². The molecule has 3 rings (SSSR count). The lowest BCUT2D eigenvalue weighted by molar-refractivity contribution is -0.595. The van der Waals surface area contributed by atoms with E-state index in [-0.39, 0.29) is 9.92 Å². The molecule has 0 spiro atoms. The van der Waals surface area contributed by atoms with Crippen LogP contribution in [0.4, 0.5) is 0 Å². The van der Waals surface area contributed by atoms with Gasteiger partial charge in [-0.05, 0) is 19.8 Å². The maximum atomic E-state index is 9.80. The van der Waals surface area contributed by atoms with E-state index in [1.807, 2.05) is 6.92 Å². The molecule has 0 aromatic carbocycles. The first-order valence-electron chi connectivity index (χ1n) is 5.43. The van der Waals surface area contributed by atoms with Gasteiger partial charge in [0, 0.05) is 21.8 Å². The van der Waals surface area contributed by atoms with Crippen molar-refractivity contribution in [2.75, 3.05) is 0 Å². The van der Waals surface area contributed by atoms with Crippen LogP contribution in [-0.2, 0) is 0 Å². The Labute approximate surface area is 113 Å². The maximum Gasteiger partial charge on any atom is 0.299 e. The van der Waals surface area contributed by atoms with Crippen LogP contribution in [0, 0.1) is 5.92 Å². The van der Waals surface area contributed by atoms with Crippen molar-refractivity contribution < 1.29 is 9.11 Å². The molecule has 3 aliphatic rings. The molecule has 0 amide bonds. The standard InChI is InChI=1S/C11H12BrClN3O/c1-11(17)4-7(5-11)9-8-6-14-2-3-16(8,13)10(12)15-9/h2-3,6-7,17H,4-5H2,1H3/q+1. The van der Waals surface area contributed by atoms with E-state index >= 15 is 0 Å². The van der Waals surface area contributed by atoms with Crippen LogP contribution in [0.25, 0.3) is 0 Å². The Balaban J connectivity index is 1.98. The van der Waals surface area contributed by atoms with Gasteiger partial charge in [-0.1, -0.05) is 0 Å². The molecule has 17 heavy (non-hydrogen) atoms. The summed E-state index contributed by atoms with van der Waals surface area (Å²) in [4.78, 5) is 8.60. The second-order valence-corrected chi connectivity index (χ2v) is 6.21. The average molecular weight is 318 g/mol. The van der Waals surface area contributed by atoms with Crippen molar-refractivity contribution in [1.29, 1.82) is 0 Å². The van der Waals surface area contributed by atoms with Crippen molar-refractivity contribution in [2.24, 2.45) is 15.9 Å². The number of fused-ring (bicyclic) bond motifs is 1. The highest BCUT2D eigenvalue weighted by molar-refractivity contribution is 9.18.